The number of nitro groups is 1. The smallest absolute Gasteiger partial charge is 0.293 e. The quantitative estimate of drug-likeness (QED) is 0.0517. The molecule has 16 heteroatoms. The van der Waals surface area contributed by atoms with E-state index in [1.54, 1.807) is 41.7 Å². The highest BCUT2D eigenvalue weighted by Crippen LogP contribution is 2.75. The van der Waals surface area contributed by atoms with Crippen molar-refractivity contribution >= 4 is 55.6 Å². The van der Waals surface area contributed by atoms with Crippen molar-refractivity contribution in [3.8, 4) is 11.5 Å². The number of carbonyl (C=O) groups is 1. The van der Waals surface area contributed by atoms with Crippen LogP contribution in [0.3, 0.4) is 0 Å². The zero-order chi connectivity index (χ0) is 43.2. The van der Waals surface area contributed by atoms with Crippen LogP contribution in [0.25, 0.3) is 11.0 Å². The number of anilines is 2. The van der Waals surface area contributed by atoms with Crippen LogP contribution in [-0.2, 0) is 10.0 Å². The van der Waals surface area contributed by atoms with Crippen LogP contribution in [-0.4, -0.2) is 103 Å². The van der Waals surface area contributed by atoms with Crippen molar-refractivity contribution in [3.63, 3.8) is 0 Å². The van der Waals surface area contributed by atoms with E-state index in [0.29, 0.717) is 40.1 Å². The van der Waals surface area contributed by atoms with Gasteiger partial charge in [0.15, 0.2) is 0 Å². The molecule has 7 aliphatic rings. The summed E-state index contributed by atoms with van der Waals surface area (Å²) in [6.45, 7) is 11.8. The molecule has 4 heterocycles. The van der Waals surface area contributed by atoms with Crippen LogP contribution in [0.5, 0.6) is 11.5 Å². The number of benzene rings is 2. The third-order valence-electron chi connectivity index (χ3n) is 14.7. The van der Waals surface area contributed by atoms with E-state index >= 15 is 0 Å². The minimum atomic E-state index is -4.53. The van der Waals surface area contributed by atoms with Crippen LogP contribution in [0, 0.1) is 32.3 Å². The molecule has 6 fully saturated rings. The van der Waals surface area contributed by atoms with Crippen molar-refractivity contribution in [1.82, 2.24) is 24.5 Å². The number of piperazine rings is 1. The summed E-state index contributed by atoms with van der Waals surface area (Å²) in [5.41, 5.74) is 5.68. The van der Waals surface area contributed by atoms with Crippen molar-refractivity contribution in [2.24, 2.45) is 22.2 Å². The Bertz CT molecular complexity index is 2590. The van der Waals surface area contributed by atoms with Crippen LogP contribution < -0.4 is 19.7 Å². The number of pyridine rings is 1. The standard InChI is InChI=1S/C46H55ClN8O6S/c1-43(2)10-8-32(37(21-43)45-25-46(47,26-45)27-45)24-53-12-14-54(15-13-53)33-4-6-36(40(17-33)61-34-16-31-9-11-48-41(31)50-23-34)42(56)51-62(59,60)35-5-7-38(39(18-35)55(57)58)49-22-30-19-44(20-30)28-52(3)29-44/h4-7,9,11,16-18,23,30,49H,8,10,12-15,19-22,24-29H2,1-3H3,(H,48,50)(H,51,56). The average molecular weight is 884 g/mol. The van der Waals surface area contributed by atoms with E-state index < -0.39 is 25.7 Å². The molecule has 1 spiro atoms. The third-order valence-corrected chi connectivity index (χ3v) is 16.4. The first-order valence-corrected chi connectivity index (χ1v) is 23.7. The van der Waals surface area contributed by atoms with Gasteiger partial charge < -0.3 is 24.8 Å². The van der Waals surface area contributed by atoms with Crippen LogP contribution in [0.2, 0.25) is 0 Å². The number of nitrogens with one attached hydrogen (secondary N) is 3. The SMILES string of the molecule is CN1CC2(CC(CNc3ccc(S(=O)(=O)NC(=O)c4ccc(N5CCN(CC6=C(C78CC(Cl)(C7)C8)CC(C)(C)CC6)CC5)cc4Oc4cnc5[nH]ccc5c4)cc3[N+](=O)[O-])C2)C1. The minimum absolute atomic E-state index is 0.0131. The number of sulfonamides is 1. The van der Waals surface area contributed by atoms with Gasteiger partial charge in [0, 0.05) is 86.6 Å². The van der Waals surface area contributed by atoms with Gasteiger partial charge in [0.1, 0.15) is 22.8 Å². The molecule has 2 saturated heterocycles. The summed E-state index contributed by atoms with van der Waals surface area (Å²) in [6, 6.07) is 12.5. The molecule has 2 aromatic carbocycles. The summed E-state index contributed by atoms with van der Waals surface area (Å²) >= 11 is 6.75. The lowest BCUT2D eigenvalue weighted by Gasteiger charge is -2.70. The molecular formula is C46H55ClN8O6S. The molecule has 0 radical (unpaired) electrons. The number of ether oxygens (including phenoxy) is 1. The summed E-state index contributed by atoms with van der Waals surface area (Å²) in [7, 11) is -2.43. The van der Waals surface area contributed by atoms with Crippen LogP contribution in [0.1, 0.15) is 75.6 Å². The fourth-order valence-electron chi connectivity index (χ4n) is 11.7. The fourth-order valence-corrected chi connectivity index (χ4v) is 13.5. The summed E-state index contributed by atoms with van der Waals surface area (Å²) in [6.07, 6.45) is 12.3. The number of hydrogen-bond donors (Lipinski definition) is 3. The number of nitrogens with zero attached hydrogens (tertiary/aromatic N) is 5. The Hall–Kier alpha value is -4.70. The summed E-state index contributed by atoms with van der Waals surface area (Å²) in [5.74, 6) is -0.00989. The summed E-state index contributed by atoms with van der Waals surface area (Å²) in [5, 5.41) is 16.1. The second-order valence-electron chi connectivity index (χ2n) is 20.2. The lowest BCUT2D eigenvalue weighted by atomic mass is 9.39. The molecule has 2 bridgehead atoms. The molecule has 5 aliphatic carbocycles. The van der Waals surface area contributed by atoms with Gasteiger partial charge >= 0.3 is 0 Å². The van der Waals surface area contributed by atoms with Crippen molar-refractivity contribution in [2.45, 2.75) is 75.0 Å². The molecular weight excluding hydrogens is 828 g/mol. The number of halogens is 1. The highest BCUT2D eigenvalue weighted by molar-refractivity contribution is 7.90. The van der Waals surface area contributed by atoms with Gasteiger partial charge in [-0.3, -0.25) is 19.8 Å². The zero-order valence-electron chi connectivity index (χ0n) is 35.6. The number of H-pyrrole nitrogens is 1. The van der Waals surface area contributed by atoms with E-state index in [4.69, 9.17) is 16.3 Å². The second-order valence-corrected chi connectivity index (χ2v) is 22.7. The number of fused-ring (bicyclic) bond motifs is 1. The van der Waals surface area contributed by atoms with Crippen LogP contribution in [0.15, 0.2) is 77.0 Å². The van der Waals surface area contributed by atoms with E-state index in [2.05, 4.69) is 55.6 Å². The molecule has 328 valence electrons. The Labute approximate surface area is 367 Å². The number of likely N-dealkylation sites (tertiary alicyclic amines) is 1. The number of carbonyl (C=O) groups excluding carboxylic acids is 1. The topological polar surface area (TPSA) is 166 Å². The van der Waals surface area contributed by atoms with Gasteiger partial charge in [-0.1, -0.05) is 25.0 Å². The number of rotatable bonds is 13. The molecule has 14 nitrogen and oxygen atoms in total. The van der Waals surface area contributed by atoms with E-state index in [1.165, 1.54) is 18.6 Å². The van der Waals surface area contributed by atoms with Crippen LogP contribution >= 0.6 is 11.6 Å². The first-order chi connectivity index (χ1) is 29.5. The maximum absolute atomic E-state index is 14.0. The molecule has 2 aliphatic heterocycles. The molecule has 0 unspecified atom stereocenters. The fraction of sp³-hybridized carbons (Fsp3) is 0.522. The highest BCUT2D eigenvalue weighted by Gasteiger charge is 2.69. The lowest BCUT2D eigenvalue weighted by Crippen LogP contribution is -2.65. The van der Waals surface area contributed by atoms with Gasteiger partial charge in [0.05, 0.1) is 21.6 Å². The minimum Gasteiger partial charge on any atom is -0.455 e. The number of amides is 1. The van der Waals surface area contributed by atoms with Crippen molar-refractivity contribution in [1.29, 1.82) is 0 Å². The predicted octanol–water partition coefficient (Wildman–Crippen LogP) is 7.93. The number of allylic oxidation sites excluding steroid dienone is 1. The first-order valence-electron chi connectivity index (χ1n) is 21.9. The molecule has 3 N–H and O–H groups in total. The number of hydrogen-bond acceptors (Lipinski definition) is 11. The van der Waals surface area contributed by atoms with Gasteiger partial charge in [-0.2, -0.15) is 0 Å². The Balaban J connectivity index is 0.846. The predicted molar refractivity (Wildman–Crippen MR) is 240 cm³/mol. The molecule has 4 saturated carbocycles. The maximum atomic E-state index is 14.0. The highest BCUT2D eigenvalue weighted by atomic mass is 35.5. The molecule has 4 aromatic rings. The van der Waals surface area contributed by atoms with E-state index in [0.717, 1.165) is 108 Å². The molecule has 0 atom stereocenters. The second kappa shape index (κ2) is 15.0. The van der Waals surface area contributed by atoms with Gasteiger partial charge in [-0.25, -0.2) is 18.1 Å². The molecule has 1 amide bonds. The van der Waals surface area contributed by atoms with E-state index in [1.807, 2.05) is 12.1 Å². The van der Waals surface area contributed by atoms with E-state index in [9.17, 15) is 23.3 Å². The Morgan fingerprint density at radius 1 is 1.05 bits per heavy atom. The number of aromatic amines is 1. The van der Waals surface area contributed by atoms with Gasteiger partial charge in [0.2, 0.25) is 0 Å². The summed E-state index contributed by atoms with van der Waals surface area (Å²) < 4.78 is 35.9. The van der Waals surface area contributed by atoms with E-state index in [-0.39, 0.29) is 27.6 Å². The third kappa shape index (κ3) is 7.72. The monoisotopic (exact) mass is 882 g/mol. The zero-order valence-corrected chi connectivity index (χ0v) is 37.2. The Kier molecular flexibility index (Phi) is 9.97. The number of alkyl halides is 1. The van der Waals surface area contributed by atoms with Gasteiger partial charge in [-0.05, 0) is 117 Å². The average Bonchev–Trinajstić information content (AvgIpc) is 3.65. The number of nitro benzene ring substituents is 1. The summed E-state index contributed by atoms with van der Waals surface area (Å²) in [4.78, 5) is 39.8. The van der Waals surface area contributed by atoms with Gasteiger partial charge in [0.25, 0.3) is 21.6 Å². The first kappa shape index (κ1) is 41.3. The molecule has 2 aromatic heterocycles. The van der Waals surface area contributed by atoms with Crippen molar-refractivity contribution in [2.75, 3.05) is 69.6 Å². The Morgan fingerprint density at radius 3 is 2.52 bits per heavy atom. The number of aromatic nitrogens is 2. The maximum Gasteiger partial charge on any atom is 0.293 e. The molecule has 62 heavy (non-hydrogen) atoms. The van der Waals surface area contributed by atoms with Crippen LogP contribution in [0.4, 0.5) is 17.1 Å². The van der Waals surface area contributed by atoms with Crippen molar-refractivity contribution in [3.05, 3.63) is 87.7 Å². The normalized spacial score (nSPS) is 25.7. The van der Waals surface area contributed by atoms with Gasteiger partial charge in [-0.15, -0.1) is 11.6 Å². The van der Waals surface area contributed by atoms with Crippen molar-refractivity contribution < 1.29 is 22.9 Å². The molecule has 11 rings (SSSR count). The Morgan fingerprint density at radius 2 is 1.81 bits per heavy atom. The largest absolute Gasteiger partial charge is 0.455 e. The lowest BCUT2D eigenvalue weighted by molar-refractivity contribution is -0.384.